The van der Waals surface area contributed by atoms with Crippen molar-refractivity contribution in [3.63, 3.8) is 0 Å². The maximum atomic E-state index is 12.4. The Balaban J connectivity index is 2.09. The molecule has 112 valence electrons. The number of nitrogens with two attached hydrogens (primary N) is 1. The van der Waals surface area contributed by atoms with Gasteiger partial charge in [-0.25, -0.2) is 0 Å². The van der Waals surface area contributed by atoms with Crippen molar-refractivity contribution in [3.8, 4) is 0 Å². The van der Waals surface area contributed by atoms with Gasteiger partial charge < -0.3 is 10.6 Å². The van der Waals surface area contributed by atoms with Crippen molar-refractivity contribution in [2.45, 2.75) is 20.3 Å². The fourth-order valence-corrected chi connectivity index (χ4v) is 2.49. The standard InChI is InChI=1S/C18H24N2O/c1-3-20(13-14(2)12-19)18(21)11-15-8-9-16-6-4-5-7-17(16)10-15/h4-10,14H,3,11-13,19H2,1-2H3. The van der Waals surface area contributed by atoms with Crippen molar-refractivity contribution in [2.24, 2.45) is 11.7 Å². The second-order valence-electron chi connectivity index (χ2n) is 5.63. The summed E-state index contributed by atoms with van der Waals surface area (Å²) in [7, 11) is 0. The van der Waals surface area contributed by atoms with Crippen LogP contribution in [0.1, 0.15) is 19.4 Å². The number of benzene rings is 2. The Morgan fingerprint density at radius 2 is 1.90 bits per heavy atom. The topological polar surface area (TPSA) is 46.3 Å². The fraction of sp³-hybridized carbons (Fsp3) is 0.389. The number of rotatable bonds is 6. The molecule has 0 radical (unpaired) electrons. The Labute approximate surface area is 126 Å². The van der Waals surface area contributed by atoms with Crippen molar-refractivity contribution < 1.29 is 4.79 Å². The van der Waals surface area contributed by atoms with E-state index in [0.717, 1.165) is 18.7 Å². The average molecular weight is 284 g/mol. The van der Waals surface area contributed by atoms with Gasteiger partial charge in [0.2, 0.25) is 5.91 Å². The highest BCUT2D eigenvalue weighted by atomic mass is 16.2. The normalized spacial score (nSPS) is 12.3. The zero-order valence-corrected chi connectivity index (χ0v) is 12.9. The lowest BCUT2D eigenvalue weighted by molar-refractivity contribution is -0.130. The van der Waals surface area contributed by atoms with Gasteiger partial charge in [0.05, 0.1) is 6.42 Å². The lowest BCUT2D eigenvalue weighted by atomic mass is 10.0. The van der Waals surface area contributed by atoms with Crippen LogP contribution in [0.25, 0.3) is 10.8 Å². The van der Waals surface area contributed by atoms with E-state index in [4.69, 9.17) is 5.73 Å². The largest absolute Gasteiger partial charge is 0.342 e. The number of amides is 1. The highest BCUT2D eigenvalue weighted by Crippen LogP contribution is 2.16. The summed E-state index contributed by atoms with van der Waals surface area (Å²) >= 11 is 0. The molecule has 1 unspecified atom stereocenters. The number of likely N-dealkylation sites (N-methyl/N-ethyl adjacent to an activating group) is 1. The molecule has 2 rings (SSSR count). The minimum atomic E-state index is 0.174. The molecule has 0 aromatic heterocycles. The van der Waals surface area contributed by atoms with E-state index in [-0.39, 0.29) is 5.91 Å². The third kappa shape index (κ3) is 4.05. The molecule has 0 saturated carbocycles. The maximum Gasteiger partial charge on any atom is 0.226 e. The lowest BCUT2D eigenvalue weighted by Gasteiger charge is -2.24. The number of hydrogen-bond donors (Lipinski definition) is 1. The summed E-state index contributed by atoms with van der Waals surface area (Å²) in [6, 6.07) is 14.4. The van der Waals surface area contributed by atoms with Crippen molar-refractivity contribution in [3.05, 3.63) is 48.0 Å². The monoisotopic (exact) mass is 284 g/mol. The van der Waals surface area contributed by atoms with Crippen LogP contribution in [-0.2, 0) is 11.2 Å². The first-order valence-corrected chi connectivity index (χ1v) is 7.59. The van der Waals surface area contributed by atoms with Crippen LogP contribution in [0.5, 0.6) is 0 Å². The van der Waals surface area contributed by atoms with Crippen LogP contribution in [0.4, 0.5) is 0 Å². The molecule has 3 heteroatoms. The van der Waals surface area contributed by atoms with Crippen molar-refractivity contribution >= 4 is 16.7 Å². The van der Waals surface area contributed by atoms with E-state index in [1.807, 2.05) is 30.0 Å². The maximum absolute atomic E-state index is 12.4. The van der Waals surface area contributed by atoms with Gasteiger partial charge in [-0.15, -0.1) is 0 Å². The van der Waals surface area contributed by atoms with Gasteiger partial charge in [0.15, 0.2) is 0 Å². The molecule has 2 aromatic rings. The number of hydrogen-bond acceptors (Lipinski definition) is 2. The summed E-state index contributed by atoms with van der Waals surface area (Å²) in [5, 5.41) is 2.39. The average Bonchev–Trinajstić information content (AvgIpc) is 2.52. The Hall–Kier alpha value is -1.87. The third-order valence-corrected chi connectivity index (χ3v) is 3.84. The molecule has 0 aliphatic carbocycles. The molecule has 0 fully saturated rings. The quantitative estimate of drug-likeness (QED) is 0.886. The van der Waals surface area contributed by atoms with Crippen LogP contribution in [0.15, 0.2) is 42.5 Å². The van der Waals surface area contributed by atoms with Gasteiger partial charge in [-0.1, -0.05) is 49.4 Å². The third-order valence-electron chi connectivity index (χ3n) is 3.84. The van der Waals surface area contributed by atoms with E-state index in [0.29, 0.717) is 18.9 Å². The molecule has 0 spiro atoms. The minimum Gasteiger partial charge on any atom is -0.342 e. The smallest absolute Gasteiger partial charge is 0.226 e. The first kappa shape index (κ1) is 15.5. The van der Waals surface area contributed by atoms with Crippen LogP contribution in [0.3, 0.4) is 0 Å². The van der Waals surface area contributed by atoms with Crippen LogP contribution in [0, 0.1) is 5.92 Å². The van der Waals surface area contributed by atoms with Gasteiger partial charge >= 0.3 is 0 Å². The van der Waals surface area contributed by atoms with Gasteiger partial charge in [-0.2, -0.15) is 0 Å². The van der Waals surface area contributed by atoms with Gasteiger partial charge in [0, 0.05) is 13.1 Å². The summed E-state index contributed by atoms with van der Waals surface area (Å²) < 4.78 is 0. The van der Waals surface area contributed by atoms with Gasteiger partial charge in [0.1, 0.15) is 0 Å². The van der Waals surface area contributed by atoms with Gasteiger partial charge in [0.25, 0.3) is 0 Å². The van der Waals surface area contributed by atoms with E-state index < -0.39 is 0 Å². The fourth-order valence-electron chi connectivity index (χ4n) is 2.49. The minimum absolute atomic E-state index is 0.174. The number of fused-ring (bicyclic) bond motifs is 1. The molecule has 1 amide bonds. The SMILES string of the molecule is CCN(CC(C)CN)C(=O)Cc1ccc2ccccc2c1. The second-order valence-corrected chi connectivity index (χ2v) is 5.63. The molecule has 2 N–H and O–H groups in total. The van der Waals surface area contributed by atoms with E-state index in [1.54, 1.807) is 0 Å². The van der Waals surface area contributed by atoms with E-state index in [9.17, 15) is 4.79 Å². The zero-order valence-electron chi connectivity index (χ0n) is 12.9. The molecule has 0 aliphatic rings. The second kappa shape index (κ2) is 7.23. The molecule has 1 atom stereocenters. The van der Waals surface area contributed by atoms with Gasteiger partial charge in [-0.05, 0) is 35.7 Å². The van der Waals surface area contributed by atoms with E-state index in [1.165, 1.54) is 10.8 Å². The van der Waals surface area contributed by atoms with Crippen molar-refractivity contribution in [1.82, 2.24) is 4.90 Å². The van der Waals surface area contributed by atoms with Crippen molar-refractivity contribution in [1.29, 1.82) is 0 Å². The van der Waals surface area contributed by atoms with Crippen LogP contribution in [-0.4, -0.2) is 30.4 Å². The molecular weight excluding hydrogens is 260 g/mol. The number of carbonyl (C=O) groups is 1. The molecule has 3 nitrogen and oxygen atoms in total. The van der Waals surface area contributed by atoms with Crippen molar-refractivity contribution in [2.75, 3.05) is 19.6 Å². The molecule has 0 heterocycles. The highest BCUT2D eigenvalue weighted by molar-refractivity contribution is 5.85. The number of nitrogens with zero attached hydrogens (tertiary/aromatic N) is 1. The number of carbonyl (C=O) groups excluding carboxylic acids is 1. The first-order chi connectivity index (χ1) is 10.1. The first-order valence-electron chi connectivity index (χ1n) is 7.59. The summed E-state index contributed by atoms with van der Waals surface area (Å²) in [5.74, 6) is 0.513. The summed E-state index contributed by atoms with van der Waals surface area (Å²) in [6.07, 6.45) is 0.454. The lowest BCUT2D eigenvalue weighted by Crippen LogP contribution is -2.37. The van der Waals surface area contributed by atoms with E-state index >= 15 is 0 Å². The molecular formula is C18H24N2O. The van der Waals surface area contributed by atoms with Crippen LogP contribution >= 0.6 is 0 Å². The molecule has 2 aromatic carbocycles. The zero-order chi connectivity index (χ0) is 15.2. The highest BCUT2D eigenvalue weighted by Gasteiger charge is 2.14. The Morgan fingerprint density at radius 3 is 2.57 bits per heavy atom. The van der Waals surface area contributed by atoms with Crippen LogP contribution in [0.2, 0.25) is 0 Å². The summed E-state index contributed by atoms with van der Waals surface area (Å²) in [5.41, 5.74) is 6.72. The predicted octanol–water partition coefficient (Wildman–Crippen LogP) is 2.83. The Morgan fingerprint density at radius 1 is 1.19 bits per heavy atom. The molecule has 0 bridgehead atoms. The van der Waals surface area contributed by atoms with Crippen LogP contribution < -0.4 is 5.73 Å². The van der Waals surface area contributed by atoms with E-state index in [2.05, 4.69) is 31.2 Å². The molecule has 21 heavy (non-hydrogen) atoms. The molecule has 0 saturated heterocycles. The summed E-state index contributed by atoms with van der Waals surface area (Å²) in [4.78, 5) is 14.3. The molecule has 0 aliphatic heterocycles. The Bertz CT molecular complexity index is 609. The van der Waals surface area contributed by atoms with Gasteiger partial charge in [-0.3, -0.25) is 4.79 Å². The Kier molecular flexibility index (Phi) is 5.34. The predicted molar refractivity (Wildman–Crippen MR) is 88.1 cm³/mol. The summed E-state index contributed by atoms with van der Waals surface area (Å²) in [6.45, 7) is 6.17.